The topological polar surface area (TPSA) is 66.6 Å². The molecule has 0 saturated carbocycles. The van der Waals surface area contributed by atoms with Crippen molar-refractivity contribution in [3.63, 3.8) is 0 Å². The Kier molecular flexibility index (Phi) is 3.94. The minimum atomic E-state index is -0.280. The Labute approximate surface area is 118 Å². The summed E-state index contributed by atoms with van der Waals surface area (Å²) in [5.41, 5.74) is 8.02. The first-order valence-corrected chi connectivity index (χ1v) is 6.41. The quantitative estimate of drug-likeness (QED) is 0.843. The summed E-state index contributed by atoms with van der Waals surface area (Å²) in [7, 11) is 1.72. The molecule has 0 saturated heterocycles. The van der Waals surface area contributed by atoms with Crippen LogP contribution >= 0.6 is 0 Å². The maximum Gasteiger partial charge on any atom is 0.233 e. The van der Waals surface area contributed by atoms with Crippen molar-refractivity contribution in [2.75, 3.05) is 17.7 Å². The van der Waals surface area contributed by atoms with Crippen LogP contribution < -0.4 is 10.6 Å². The van der Waals surface area contributed by atoms with Crippen LogP contribution in [0.25, 0.3) is 0 Å². The summed E-state index contributed by atoms with van der Waals surface area (Å²) < 4.78 is 0. The number of nitrogens with zero attached hydrogens (tertiary/aromatic N) is 1. The van der Waals surface area contributed by atoms with Gasteiger partial charge in [0.15, 0.2) is 0 Å². The number of carbonyl (C=O) groups is 1. The molecule has 3 N–H and O–H groups in total. The number of hydrogen-bond donors (Lipinski definition) is 2. The van der Waals surface area contributed by atoms with Crippen LogP contribution in [-0.2, 0) is 4.79 Å². The highest BCUT2D eigenvalue weighted by Gasteiger charge is 2.20. The van der Waals surface area contributed by atoms with E-state index in [0.29, 0.717) is 5.69 Å². The molecule has 4 heteroatoms. The summed E-state index contributed by atoms with van der Waals surface area (Å²) in [5.74, 6) is -0.128. The first kappa shape index (κ1) is 13.9. The lowest BCUT2D eigenvalue weighted by Crippen LogP contribution is -2.30. The molecule has 2 rings (SSSR count). The third kappa shape index (κ3) is 2.91. The number of benzene rings is 2. The van der Waals surface area contributed by atoms with Gasteiger partial charge in [-0.1, -0.05) is 12.1 Å². The second-order valence-electron chi connectivity index (χ2n) is 4.81. The van der Waals surface area contributed by atoms with Crippen molar-refractivity contribution in [2.24, 2.45) is 0 Å². The number of phenolic OH excluding ortho intramolecular Hbond substituents is 1. The van der Waals surface area contributed by atoms with Gasteiger partial charge in [0.25, 0.3) is 0 Å². The largest absolute Gasteiger partial charge is 0.508 e. The van der Waals surface area contributed by atoms with E-state index in [9.17, 15) is 9.90 Å². The van der Waals surface area contributed by atoms with E-state index in [-0.39, 0.29) is 17.6 Å². The highest BCUT2D eigenvalue weighted by molar-refractivity contribution is 5.97. The van der Waals surface area contributed by atoms with Gasteiger partial charge in [0.05, 0.1) is 5.92 Å². The van der Waals surface area contributed by atoms with Crippen molar-refractivity contribution in [3.05, 3.63) is 54.1 Å². The van der Waals surface area contributed by atoms with Crippen LogP contribution in [0.15, 0.2) is 48.5 Å². The van der Waals surface area contributed by atoms with E-state index in [1.807, 2.05) is 25.1 Å². The van der Waals surface area contributed by atoms with Gasteiger partial charge in [-0.25, -0.2) is 0 Å². The predicted molar refractivity (Wildman–Crippen MR) is 80.8 cm³/mol. The Bertz CT molecular complexity index is 608. The van der Waals surface area contributed by atoms with E-state index in [2.05, 4.69) is 0 Å². The lowest BCUT2D eigenvalue weighted by Gasteiger charge is -2.22. The fraction of sp³-hybridized carbons (Fsp3) is 0.188. The minimum absolute atomic E-state index is 0.0266. The number of likely N-dealkylation sites (N-methyl/N-ethyl adjacent to an activating group) is 1. The molecule has 0 fully saturated rings. The monoisotopic (exact) mass is 270 g/mol. The molecule has 0 aromatic heterocycles. The van der Waals surface area contributed by atoms with Crippen LogP contribution in [0.2, 0.25) is 0 Å². The van der Waals surface area contributed by atoms with E-state index in [1.165, 1.54) is 0 Å². The summed E-state index contributed by atoms with van der Waals surface area (Å²) in [6.07, 6.45) is 0. The van der Waals surface area contributed by atoms with E-state index in [1.54, 1.807) is 42.3 Å². The van der Waals surface area contributed by atoms with Crippen molar-refractivity contribution >= 4 is 17.3 Å². The molecule has 0 aliphatic heterocycles. The number of nitrogens with two attached hydrogens (primary N) is 1. The Hall–Kier alpha value is -2.49. The maximum absolute atomic E-state index is 12.5. The molecule has 1 amide bonds. The van der Waals surface area contributed by atoms with Gasteiger partial charge in [0.1, 0.15) is 5.75 Å². The van der Waals surface area contributed by atoms with Crippen LogP contribution in [0.3, 0.4) is 0 Å². The van der Waals surface area contributed by atoms with Crippen LogP contribution in [0.1, 0.15) is 18.4 Å². The molecule has 0 bridgehead atoms. The predicted octanol–water partition coefficient (Wildman–Crippen LogP) is 2.74. The standard InChI is InChI=1S/C16H18N2O2/c1-11(12-4-3-5-13(17)10-12)16(20)18(2)14-6-8-15(19)9-7-14/h3-11,19H,17H2,1-2H3. The number of phenols is 1. The third-order valence-corrected chi connectivity index (χ3v) is 3.35. The smallest absolute Gasteiger partial charge is 0.233 e. The van der Waals surface area contributed by atoms with Gasteiger partial charge in [0, 0.05) is 18.4 Å². The third-order valence-electron chi connectivity index (χ3n) is 3.35. The van der Waals surface area contributed by atoms with E-state index >= 15 is 0 Å². The zero-order valence-corrected chi connectivity index (χ0v) is 11.6. The first-order valence-electron chi connectivity index (χ1n) is 6.41. The average Bonchev–Trinajstić information content (AvgIpc) is 2.46. The normalized spacial score (nSPS) is 11.9. The second-order valence-corrected chi connectivity index (χ2v) is 4.81. The summed E-state index contributed by atoms with van der Waals surface area (Å²) >= 11 is 0. The van der Waals surface area contributed by atoms with Crippen molar-refractivity contribution < 1.29 is 9.90 Å². The zero-order chi connectivity index (χ0) is 14.7. The van der Waals surface area contributed by atoms with Gasteiger partial charge in [-0.2, -0.15) is 0 Å². The molecule has 0 radical (unpaired) electrons. The number of anilines is 2. The summed E-state index contributed by atoms with van der Waals surface area (Å²) in [6.45, 7) is 1.86. The van der Waals surface area contributed by atoms with E-state index in [0.717, 1.165) is 11.3 Å². The van der Waals surface area contributed by atoms with Gasteiger partial charge >= 0.3 is 0 Å². The average molecular weight is 270 g/mol. The molecule has 2 aromatic carbocycles. The number of rotatable bonds is 3. The highest BCUT2D eigenvalue weighted by atomic mass is 16.3. The van der Waals surface area contributed by atoms with Crippen molar-refractivity contribution in [3.8, 4) is 5.75 Å². The Morgan fingerprint density at radius 1 is 1.20 bits per heavy atom. The van der Waals surface area contributed by atoms with Crippen molar-refractivity contribution in [1.82, 2.24) is 0 Å². The van der Waals surface area contributed by atoms with Gasteiger partial charge in [-0.3, -0.25) is 4.79 Å². The molecule has 0 spiro atoms. The van der Waals surface area contributed by atoms with Crippen LogP contribution in [0.4, 0.5) is 11.4 Å². The van der Waals surface area contributed by atoms with Gasteiger partial charge in [-0.15, -0.1) is 0 Å². The lowest BCUT2D eigenvalue weighted by atomic mass is 9.99. The molecule has 1 atom stereocenters. The molecular formula is C16H18N2O2. The molecule has 1 unspecified atom stereocenters. The Balaban J connectivity index is 2.20. The first-order chi connectivity index (χ1) is 9.49. The van der Waals surface area contributed by atoms with Crippen LogP contribution in [0.5, 0.6) is 5.75 Å². The molecule has 4 nitrogen and oxygen atoms in total. The Morgan fingerprint density at radius 3 is 2.45 bits per heavy atom. The molecular weight excluding hydrogens is 252 g/mol. The molecule has 0 heterocycles. The highest BCUT2D eigenvalue weighted by Crippen LogP contribution is 2.24. The van der Waals surface area contributed by atoms with Crippen molar-refractivity contribution in [2.45, 2.75) is 12.8 Å². The number of aromatic hydroxyl groups is 1. The van der Waals surface area contributed by atoms with Gasteiger partial charge in [0.2, 0.25) is 5.91 Å². The number of nitrogen functional groups attached to an aromatic ring is 1. The number of carbonyl (C=O) groups excluding carboxylic acids is 1. The minimum Gasteiger partial charge on any atom is -0.508 e. The van der Waals surface area contributed by atoms with Crippen LogP contribution in [0, 0.1) is 0 Å². The summed E-state index contributed by atoms with van der Waals surface area (Å²) in [4.78, 5) is 14.0. The molecule has 20 heavy (non-hydrogen) atoms. The summed E-state index contributed by atoms with van der Waals surface area (Å²) in [6, 6.07) is 13.9. The molecule has 0 aliphatic rings. The fourth-order valence-electron chi connectivity index (χ4n) is 2.06. The van der Waals surface area contributed by atoms with Gasteiger partial charge < -0.3 is 15.7 Å². The van der Waals surface area contributed by atoms with E-state index in [4.69, 9.17) is 5.73 Å². The maximum atomic E-state index is 12.5. The molecule has 0 aliphatic carbocycles. The fourth-order valence-corrected chi connectivity index (χ4v) is 2.06. The molecule has 104 valence electrons. The second kappa shape index (κ2) is 5.65. The molecule has 2 aromatic rings. The van der Waals surface area contributed by atoms with Crippen LogP contribution in [-0.4, -0.2) is 18.1 Å². The van der Waals surface area contributed by atoms with E-state index < -0.39 is 0 Å². The number of hydrogen-bond acceptors (Lipinski definition) is 3. The zero-order valence-electron chi connectivity index (χ0n) is 11.6. The lowest BCUT2D eigenvalue weighted by molar-refractivity contribution is -0.119. The number of amides is 1. The van der Waals surface area contributed by atoms with Gasteiger partial charge in [-0.05, 0) is 48.9 Å². The van der Waals surface area contributed by atoms with Crippen molar-refractivity contribution in [1.29, 1.82) is 0 Å². The summed E-state index contributed by atoms with van der Waals surface area (Å²) in [5, 5.41) is 9.28. The Morgan fingerprint density at radius 2 is 1.85 bits per heavy atom. The SMILES string of the molecule is CC(C(=O)N(C)c1ccc(O)cc1)c1cccc(N)c1.